The summed E-state index contributed by atoms with van der Waals surface area (Å²) < 4.78 is 31.5. The third-order valence-electron chi connectivity index (χ3n) is 0.770. The van der Waals surface area contributed by atoms with E-state index in [0.29, 0.717) is 0 Å². The molecular weight excluding hydrogens is 169 g/mol. The van der Waals surface area contributed by atoms with Gasteiger partial charge in [0.05, 0.1) is 12.3 Å². The maximum Gasteiger partial charge on any atom is 0.305 e. The Bertz CT molecular complexity index is 275. The Kier molecular flexibility index (Phi) is 4.41. The Morgan fingerprint density at radius 1 is 1.55 bits per heavy atom. The fourth-order valence-corrected chi connectivity index (χ4v) is 0.741. The Labute approximate surface area is 65.2 Å². The zero-order valence-electron chi connectivity index (χ0n) is 5.83. The first-order chi connectivity index (χ1) is 5.06. The van der Waals surface area contributed by atoms with Crippen molar-refractivity contribution in [2.75, 3.05) is 12.3 Å². The average Bonchev–Trinajstić information content (AvgIpc) is 1.85. The quantitative estimate of drug-likeness (QED) is 0.360. The van der Waals surface area contributed by atoms with Crippen molar-refractivity contribution >= 4 is 16.1 Å². The molecule has 5 heteroatoms. The first kappa shape index (κ1) is 10.1. The molecular formula is C6H8FNO2S. The van der Waals surface area contributed by atoms with Crippen LogP contribution in [0.4, 0.5) is 3.89 Å². The standard InChI is InChI=1S/C6H8FNO2S/c1-2-8-5-3-4-6-11(7,9)10/h3-4H,1,5-6H2/b4-3+. The number of rotatable bonds is 4. The summed E-state index contributed by atoms with van der Waals surface area (Å²) in [5.41, 5.74) is 0. The molecule has 0 saturated heterocycles. The van der Waals surface area contributed by atoms with Gasteiger partial charge in [-0.15, -0.1) is 3.89 Å². The minimum absolute atomic E-state index is 0.277. The number of halogens is 1. The van der Waals surface area contributed by atoms with E-state index in [4.69, 9.17) is 0 Å². The van der Waals surface area contributed by atoms with Crippen LogP contribution in [0.15, 0.2) is 23.7 Å². The number of aliphatic imine (C=N–C) groups is 1. The summed E-state index contributed by atoms with van der Waals surface area (Å²) in [6.07, 6.45) is 2.62. The molecule has 3 nitrogen and oxygen atoms in total. The van der Waals surface area contributed by atoms with Crippen molar-refractivity contribution in [3.8, 4) is 0 Å². The lowest BCUT2D eigenvalue weighted by molar-refractivity contribution is 0.555. The Balaban J connectivity index is 3.71. The highest BCUT2D eigenvalue weighted by Gasteiger charge is 2.00. The Morgan fingerprint density at radius 3 is 2.64 bits per heavy atom. The maximum absolute atomic E-state index is 11.8. The van der Waals surface area contributed by atoms with Crippen molar-refractivity contribution in [2.24, 2.45) is 4.99 Å². The molecule has 0 bridgehead atoms. The lowest BCUT2D eigenvalue weighted by Crippen LogP contribution is -1.93. The van der Waals surface area contributed by atoms with E-state index in [9.17, 15) is 12.3 Å². The second-order valence-electron chi connectivity index (χ2n) is 1.68. The molecule has 11 heavy (non-hydrogen) atoms. The summed E-state index contributed by atoms with van der Waals surface area (Å²) in [6, 6.07) is 0. The van der Waals surface area contributed by atoms with Crippen molar-refractivity contribution < 1.29 is 12.3 Å². The molecule has 0 amide bonds. The van der Waals surface area contributed by atoms with Crippen molar-refractivity contribution in [1.82, 2.24) is 0 Å². The summed E-state index contributed by atoms with van der Waals surface area (Å²) in [6.45, 7) is 3.47. The monoisotopic (exact) mass is 177 g/mol. The molecule has 0 N–H and O–H groups in total. The minimum atomic E-state index is -4.38. The van der Waals surface area contributed by atoms with Crippen LogP contribution >= 0.6 is 0 Å². The minimum Gasteiger partial charge on any atom is -0.240 e. The highest BCUT2D eigenvalue weighted by Crippen LogP contribution is 1.90. The molecule has 0 saturated carbocycles. The molecule has 0 rings (SSSR count). The van der Waals surface area contributed by atoms with Crippen LogP contribution in [0.1, 0.15) is 0 Å². The normalized spacial score (nSPS) is 11.4. The summed E-state index contributed by atoms with van der Waals surface area (Å²) in [4.78, 5) is 3.53. The van der Waals surface area contributed by atoms with E-state index in [-0.39, 0.29) is 6.54 Å². The number of hydrogen-bond donors (Lipinski definition) is 0. The Morgan fingerprint density at radius 2 is 2.18 bits per heavy atom. The fourth-order valence-electron chi connectivity index (χ4n) is 0.375. The molecule has 0 heterocycles. The first-order valence-electron chi connectivity index (χ1n) is 2.82. The van der Waals surface area contributed by atoms with Gasteiger partial charge < -0.3 is 0 Å². The molecule has 0 unspecified atom stereocenters. The molecule has 0 fully saturated rings. The lowest BCUT2D eigenvalue weighted by Gasteiger charge is -1.82. The van der Waals surface area contributed by atoms with Gasteiger partial charge in [0.1, 0.15) is 0 Å². The summed E-state index contributed by atoms with van der Waals surface area (Å²) in [5.74, 6) is 1.65. The van der Waals surface area contributed by atoms with Crippen LogP contribution in [0.5, 0.6) is 0 Å². The highest BCUT2D eigenvalue weighted by atomic mass is 32.3. The molecule has 0 aromatic carbocycles. The van der Waals surface area contributed by atoms with Gasteiger partial charge in [-0.2, -0.15) is 8.42 Å². The van der Waals surface area contributed by atoms with E-state index >= 15 is 0 Å². The van der Waals surface area contributed by atoms with Gasteiger partial charge in [0.2, 0.25) is 0 Å². The summed E-state index contributed by atoms with van der Waals surface area (Å²) in [7, 11) is -4.38. The summed E-state index contributed by atoms with van der Waals surface area (Å²) >= 11 is 0. The van der Waals surface area contributed by atoms with E-state index in [1.165, 1.54) is 12.2 Å². The zero-order chi connectivity index (χ0) is 8.74. The average molecular weight is 177 g/mol. The molecule has 0 aliphatic carbocycles. The van der Waals surface area contributed by atoms with Crippen LogP contribution in [0, 0.1) is 0 Å². The molecule has 0 radical (unpaired) electrons. The van der Waals surface area contributed by atoms with Gasteiger partial charge in [-0.3, -0.25) is 0 Å². The second kappa shape index (κ2) is 4.82. The molecule has 0 atom stereocenters. The molecule has 62 valence electrons. The maximum atomic E-state index is 11.8. The van der Waals surface area contributed by atoms with Gasteiger partial charge in [0, 0.05) is 0 Å². The van der Waals surface area contributed by atoms with Gasteiger partial charge in [-0.05, 0) is 12.4 Å². The van der Waals surface area contributed by atoms with E-state index in [1.807, 2.05) is 0 Å². The number of hydrogen-bond acceptors (Lipinski definition) is 3. The van der Waals surface area contributed by atoms with Crippen molar-refractivity contribution in [2.45, 2.75) is 0 Å². The topological polar surface area (TPSA) is 46.5 Å². The highest BCUT2D eigenvalue weighted by molar-refractivity contribution is 7.86. The summed E-state index contributed by atoms with van der Waals surface area (Å²) in [5, 5.41) is 0. The molecule has 0 spiro atoms. The van der Waals surface area contributed by atoms with Gasteiger partial charge >= 0.3 is 10.2 Å². The lowest BCUT2D eigenvalue weighted by atomic mass is 10.5. The second-order valence-corrected chi connectivity index (χ2v) is 3.09. The predicted molar refractivity (Wildman–Crippen MR) is 42.0 cm³/mol. The first-order valence-corrected chi connectivity index (χ1v) is 4.37. The SMILES string of the molecule is C=C=NC/C=C/CS(=O)(=O)F. The van der Waals surface area contributed by atoms with Gasteiger partial charge in [0.25, 0.3) is 0 Å². The molecule has 0 aliphatic rings. The fraction of sp³-hybridized carbons (Fsp3) is 0.333. The van der Waals surface area contributed by atoms with Crippen LogP contribution < -0.4 is 0 Å². The van der Waals surface area contributed by atoms with E-state index in [1.54, 1.807) is 0 Å². The molecule has 0 aromatic heterocycles. The van der Waals surface area contributed by atoms with Crippen LogP contribution in [-0.4, -0.2) is 26.6 Å². The van der Waals surface area contributed by atoms with Crippen molar-refractivity contribution in [3.63, 3.8) is 0 Å². The smallest absolute Gasteiger partial charge is 0.240 e. The third-order valence-corrected chi connectivity index (χ3v) is 1.36. The molecule has 0 aromatic rings. The predicted octanol–water partition coefficient (Wildman–Crippen LogP) is 0.698. The van der Waals surface area contributed by atoms with Gasteiger partial charge in [-0.1, -0.05) is 12.2 Å². The van der Waals surface area contributed by atoms with Crippen LogP contribution in [-0.2, 0) is 10.2 Å². The van der Waals surface area contributed by atoms with Crippen molar-refractivity contribution in [3.05, 3.63) is 18.7 Å². The van der Waals surface area contributed by atoms with Crippen molar-refractivity contribution in [1.29, 1.82) is 0 Å². The van der Waals surface area contributed by atoms with Crippen LogP contribution in [0.3, 0.4) is 0 Å². The molecule has 0 aliphatic heterocycles. The van der Waals surface area contributed by atoms with E-state index in [0.717, 1.165) is 0 Å². The number of nitrogens with zero attached hydrogens (tertiary/aromatic N) is 1. The zero-order valence-corrected chi connectivity index (χ0v) is 6.64. The van der Waals surface area contributed by atoms with E-state index < -0.39 is 16.0 Å². The van der Waals surface area contributed by atoms with Crippen LogP contribution in [0.25, 0.3) is 0 Å². The Hall–Kier alpha value is -0.930. The van der Waals surface area contributed by atoms with Gasteiger partial charge in [-0.25, -0.2) is 4.99 Å². The van der Waals surface area contributed by atoms with Gasteiger partial charge in [0.15, 0.2) is 0 Å². The third kappa shape index (κ3) is 9.07. The van der Waals surface area contributed by atoms with E-state index in [2.05, 4.69) is 17.4 Å². The van der Waals surface area contributed by atoms with Crippen LogP contribution in [0.2, 0.25) is 0 Å². The largest absolute Gasteiger partial charge is 0.305 e.